The van der Waals surface area contributed by atoms with Crippen molar-refractivity contribution in [3.63, 3.8) is 0 Å². The Bertz CT molecular complexity index is 726. The fourth-order valence-electron chi connectivity index (χ4n) is 1.79. The molecule has 0 saturated carbocycles. The van der Waals surface area contributed by atoms with Crippen LogP contribution in [-0.4, -0.2) is 23.2 Å². The Morgan fingerprint density at radius 1 is 1.35 bits per heavy atom. The van der Waals surface area contributed by atoms with Crippen LogP contribution in [0.4, 0.5) is 4.39 Å². The zero-order valence-electron chi connectivity index (χ0n) is 10.3. The Labute approximate surface area is 124 Å². The molecule has 0 radical (unpaired) electrons. The largest absolute Gasteiger partial charge is 0.297 e. The van der Waals surface area contributed by atoms with Crippen LogP contribution in [0.25, 0.3) is 11.4 Å². The molecule has 0 fully saturated rings. The number of hydrogen-bond donors (Lipinski definition) is 0. The Hall–Kier alpha value is -1.18. The predicted octanol–water partition coefficient (Wildman–Crippen LogP) is 3.08. The van der Waals surface area contributed by atoms with E-state index in [0.717, 1.165) is 0 Å². The average Bonchev–Trinajstić information content (AvgIpc) is 2.73. The van der Waals surface area contributed by atoms with Crippen LogP contribution in [0, 0.1) is 5.82 Å². The molecule has 0 aliphatic heterocycles. The third kappa shape index (κ3) is 2.79. The highest BCUT2D eigenvalue weighted by Crippen LogP contribution is 2.31. The predicted molar refractivity (Wildman–Crippen MR) is 73.8 cm³/mol. The van der Waals surface area contributed by atoms with Crippen LogP contribution in [-0.2, 0) is 15.6 Å². The van der Waals surface area contributed by atoms with E-state index in [1.807, 2.05) is 6.92 Å². The van der Waals surface area contributed by atoms with E-state index in [9.17, 15) is 12.8 Å². The first kappa shape index (κ1) is 15.2. The minimum Gasteiger partial charge on any atom is -0.297 e. The molecular weight excluding hydrogens is 328 g/mol. The Kier molecular flexibility index (Phi) is 4.31. The van der Waals surface area contributed by atoms with Crippen LogP contribution in [0.15, 0.2) is 23.4 Å². The van der Waals surface area contributed by atoms with Crippen LogP contribution in [0.5, 0.6) is 0 Å². The molecular formula is C11H10Cl2FN3O2S. The maximum atomic E-state index is 13.9. The summed E-state index contributed by atoms with van der Waals surface area (Å²) in [6, 6.07) is 4.14. The number of nitrogens with zero attached hydrogens (tertiary/aromatic N) is 3. The molecule has 1 heterocycles. The van der Waals surface area contributed by atoms with Gasteiger partial charge in [0.15, 0.2) is 5.82 Å². The number of hydrogen-bond acceptors (Lipinski definition) is 4. The maximum Gasteiger partial charge on any atom is 0.296 e. The summed E-state index contributed by atoms with van der Waals surface area (Å²) < 4.78 is 38.1. The summed E-state index contributed by atoms with van der Waals surface area (Å²) in [4.78, 5) is 0. The molecule has 2 aromatic rings. The van der Waals surface area contributed by atoms with Crippen LogP contribution in [0.2, 0.25) is 5.02 Å². The molecule has 1 aromatic carbocycles. The Balaban J connectivity index is 2.73. The standard InChI is InChI=1S/C11H10Cl2FN3O2S/c1-2-6-17-10(15-16-11(17)20(13,18)19)9-7(12)4-3-5-8(9)14/h3-5H,2,6H2,1H3. The summed E-state index contributed by atoms with van der Waals surface area (Å²) >= 11 is 5.96. The molecule has 108 valence electrons. The minimum absolute atomic E-state index is 0.00156. The Morgan fingerprint density at radius 3 is 2.60 bits per heavy atom. The highest BCUT2D eigenvalue weighted by atomic mass is 35.7. The lowest BCUT2D eigenvalue weighted by molar-refractivity contribution is 0.568. The summed E-state index contributed by atoms with van der Waals surface area (Å²) in [5.41, 5.74) is 0.00156. The van der Waals surface area contributed by atoms with Gasteiger partial charge in [-0.15, -0.1) is 10.2 Å². The van der Waals surface area contributed by atoms with Gasteiger partial charge in [-0.2, -0.15) is 0 Å². The average molecular weight is 338 g/mol. The molecule has 2 rings (SSSR count). The van der Waals surface area contributed by atoms with E-state index in [1.165, 1.54) is 22.8 Å². The van der Waals surface area contributed by atoms with Crippen molar-refractivity contribution in [2.45, 2.75) is 25.0 Å². The molecule has 0 unspecified atom stereocenters. The maximum absolute atomic E-state index is 13.9. The first-order valence-electron chi connectivity index (χ1n) is 5.68. The molecule has 0 bridgehead atoms. The quantitative estimate of drug-likeness (QED) is 0.804. The molecule has 5 nitrogen and oxygen atoms in total. The lowest BCUT2D eigenvalue weighted by atomic mass is 10.2. The van der Waals surface area contributed by atoms with Gasteiger partial charge in [-0.05, 0) is 18.6 Å². The van der Waals surface area contributed by atoms with E-state index >= 15 is 0 Å². The van der Waals surface area contributed by atoms with E-state index in [-0.39, 0.29) is 23.0 Å². The summed E-state index contributed by atoms with van der Waals surface area (Å²) in [7, 11) is 1.23. The number of halogens is 3. The summed E-state index contributed by atoms with van der Waals surface area (Å²) in [5.74, 6) is -0.574. The fourth-order valence-corrected chi connectivity index (χ4v) is 2.96. The van der Waals surface area contributed by atoms with Gasteiger partial charge in [0.05, 0.1) is 10.6 Å². The van der Waals surface area contributed by atoms with Crippen molar-refractivity contribution in [1.29, 1.82) is 0 Å². The third-order valence-electron chi connectivity index (χ3n) is 2.57. The van der Waals surface area contributed by atoms with Gasteiger partial charge in [0.25, 0.3) is 14.2 Å². The molecule has 0 spiro atoms. The molecule has 20 heavy (non-hydrogen) atoms. The van der Waals surface area contributed by atoms with E-state index in [0.29, 0.717) is 6.42 Å². The summed E-state index contributed by atoms with van der Waals surface area (Å²) in [5, 5.41) is 6.95. The minimum atomic E-state index is -4.07. The number of rotatable bonds is 4. The second-order valence-corrected chi connectivity index (χ2v) is 6.86. The molecule has 0 saturated heterocycles. The van der Waals surface area contributed by atoms with Gasteiger partial charge in [-0.25, -0.2) is 12.8 Å². The van der Waals surface area contributed by atoms with Crippen molar-refractivity contribution in [2.75, 3.05) is 0 Å². The molecule has 0 atom stereocenters. The summed E-state index contributed by atoms with van der Waals surface area (Å²) in [6.07, 6.45) is 0.594. The van der Waals surface area contributed by atoms with Gasteiger partial charge in [0, 0.05) is 17.2 Å². The lowest BCUT2D eigenvalue weighted by Gasteiger charge is -2.09. The lowest BCUT2D eigenvalue weighted by Crippen LogP contribution is -2.08. The fraction of sp³-hybridized carbons (Fsp3) is 0.273. The second-order valence-electron chi connectivity index (χ2n) is 3.99. The van der Waals surface area contributed by atoms with Gasteiger partial charge in [-0.3, -0.25) is 4.57 Å². The van der Waals surface area contributed by atoms with Gasteiger partial charge in [0.1, 0.15) is 5.82 Å². The van der Waals surface area contributed by atoms with E-state index in [1.54, 1.807) is 0 Å². The molecule has 9 heteroatoms. The van der Waals surface area contributed by atoms with Gasteiger partial charge >= 0.3 is 0 Å². The molecule has 0 aliphatic rings. The van der Waals surface area contributed by atoms with Crippen molar-refractivity contribution in [3.8, 4) is 11.4 Å². The van der Waals surface area contributed by atoms with Gasteiger partial charge < -0.3 is 0 Å². The highest BCUT2D eigenvalue weighted by molar-refractivity contribution is 8.13. The van der Waals surface area contributed by atoms with Crippen molar-refractivity contribution >= 4 is 31.3 Å². The first-order chi connectivity index (χ1) is 9.36. The normalized spacial score (nSPS) is 11.8. The monoisotopic (exact) mass is 337 g/mol. The van der Waals surface area contributed by atoms with Gasteiger partial charge in [-0.1, -0.05) is 24.6 Å². The first-order valence-corrected chi connectivity index (χ1v) is 8.37. The van der Waals surface area contributed by atoms with Crippen LogP contribution >= 0.6 is 22.3 Å². The zero-order chi connectivity index (χ0) is 14.9. The molecule has 1 aromatic heterocycles. The zero-order valence-corrected chi connectivity index (χ0v) is 12.7. The van der Waals surface area contributed by atoms with E-state index in [2.05, 4.69) is 10.2 Å². The van der Waals surface area contributed by atoms with E-state index in [4.69, 9.17) is 22.3 Å². The molecule has 0 aliphatic carbocycles. The third-order valence-corrected chi connectivity index (χ3v) is 4.04. The van der Waals surface area contributed by atoms with Crippen molar-refractivity contribution in [3.05, 3.63) is 29.0 Å². The summed E-state index contributed by atoms with van der Waals surface area (Å²) in [6.45, 7) is 2.10. The van der Waals surface area contributed by atoms with Crippen molar-refractivity contribution in [2.24, 2.45) is 0 Å². The molecule has 0 amide bonds. The van der Waals surface area contributed by atoms with Crippen molar-refractivity contribution < 1.29 is 12.8 Å². The second kappa shape index (κ2) is 5.67. The van der Waals surface area contributed by atoms with Crippen LogP contribution in [0.3, 0.4) is 0 Å². The van der Waals surface area contributed by atoms with E-state index < -0.39 is 20.0 Å². The van der Waals surface area contributed by atoms with Crippen molar-refractivity contribution in [1.82, 2.24) is 14.8 Å². The Morgan fingerprint density at radius 2 is 2.05 bits per heavy atom. The van der Waals surface area contributed by atoms with Gasteiger partial charge in [0.2, 0.25) is 0 Å². The highest BCUT2D eigenvalue weighted by Gasteiger charge is 2.25. The molecule has 0 N–H and O–H groups in total. The van der Waals surface area contributed by atoms with Crippen LogP contribution in [0.1, 0.15) is 13.3 Å². The topological polar surface area (TPSA) is 64.8 Å². The smallest absolute Gasteiger partial charge is 0.296 e. The number of benzene rings is 1. The number of aromatic nitrogens is 3. The SMILES string of the molecule is CCCn1c(-c2c(F)cccc2Cl)nnc1S(=O)(=O)Cl. The van der Waals surface area contributed by atoms with Crippen LogP contribution < -0.4 is 0 Å².